The fraction of sp³-hybridized carbons (Fsp3) is 0.0345. The van der Waals surface area contributed by atoms with E-state index >= 15 is 0 Å². The number of nitrogens with one attached hydrogen (secondary N) is 1. The second kappa shape index (κ2) is 15.3. The molecule has 10 aromatic carbocycles. The van der Waals surface area contributed by atoms with Crippen molar-refractivity contribution >= 4 is 67.4 Å². The van der Waals surface area contributed by atoms with Crippen LogP contribution in [0.2, 0.25) is 0 Å². The summed E-state index contributed by atoms with van der Waals surface area (Å²) in [4.78, 5) is 2.44. The molecule has 0 spiro atoms. The van der Waals surface area contributed by atoms with Crippen LogP contribution < -0.4 is 31.0 Å². The summed E-state index contributed by atoms with van der Waals surface area (Å²) in [6, 6.07) is 87.7. The van der Waals surface area contributed by atoms with E-state index in [9.17, 15) is 0 Å². The normalized spacial score (nSPS) is 13.6. The molecule has 290 valence electrons. The van der Waals surface area contributed by atoms with Gasteiger partial charge < -0.3 is 10.2 Å². The lowest BCUT2D eigenvalue weighted by Gasteiger charge is -2.34. The summed E-state index contributed by atoms with van der Waals surface area (Å²) >= 11 is 0. The van der Waals surface area contributed by atoms with E-state index in [1.807, 2.05) is 0 Å². The van der Waals surface area contributed by atoms with Gasteiger partial charge in [-0.2, -0.15) is 0 Å². The number of hydrogen-bond donors (Lipinski definition) is 1. The Labute approximate surface area is 359 Å². The van der Waals surface area contributed by atoms with Crippen molar-refractivity contribution in [3.8, 4) is 22.3 Å². The van der Waals surface area contributed by atoms with E-state index in [2.05, 4.69) is 254 Å². The molecule has 1 aliphatic rings. The number of nitrogens with zero attached hydrogens (tertiary/aromatic N) is 1. The van der Waals surface area contributed by atoms with Gasteiger partial charge in [-0.05, 0) is 107 Å². The fourth-order valence-corrected chi connectivity index (χ4v) is 14.7. The summed E-state index contributed by atoms with van der Waals surface area (Å²) in [5.74, 6) is 0. The van der Waals surface area contributed by atoms with Crippen molar-refractivity contribution in [3.05, 3.63) is 248 Å². The number of hydrogen-bond acceptors (Lipinski definition) is 2. The van der Waals surface area contributed by atoms with E-state index in [4.69, 9.17) is 0 Å². The first-order valence-corrected chi connectivity index (χ1v) is 23.2. The molecule has 0 radical (unpaired) electrons. The molecule has 10 aromatic rings. The van der Waals surface area contributed by atoms with Gasteiger partial charge in [0, 0.05) is 5.69 Å². The second-order valence-corrected chi connectivity index (χ2v) is 20.0. The minimum absolute atomic E-state index is 0.00270. The first-order valence-electron chi connectivity index (χ1n) is 21.2. The van der Waals surface area contributed by atoms with Crippen LogP contribution in [0.1, 0.15) is 17.3 Å². The summed E-state index contributed by atoms with van der Waals surface area (Å²) in [5.41, 5.74) is 10.9. The van der Waals surface area contributed by atoms with Crippen LogP contribution in [0.15, 0.2) is 237 Å². The number of rotatable bonds is 8. The molecule has 1 N–H and O–H groups in total. The molecule has 0 saturated heterocycles. The van der Waals surface area contributed by atoms with Gasteiger partial charge in [0.25, 0.3) is 0 Å². The van der Waals surface area contributed by atoms with Crippen molar-refractivity contribution in [2.24, 2.45) is 0 Å². The monoisotopic (exact) mass is 796 g/mol. The minimum atomic E-state index is -2.65. The van der Waals surface area contributed by atoms with E-state index in [1.165, 1.54) is 81.4 Å². The van der Waals surface area contributed by atoms with Gasteiger partial charge in [0.05, 0.1) is 11.4 Å². The van der Waals surface area contributed by atoms with Crippen LogP contribution in [-0.2, 0) is 0 Å². The van der Waals surface area contributed by atoms with Crippen LogP contribution in [0.4, 0.5) is 17.1 Å². The van der Waals surface area contributed by atoms with Crippen molar-refractivity contribution in [1.82, 2.24) is 0 Å². The Morgan fingerprint density at radius 1 is 0.393 bits per heavy atom. The molecule has 1 atom stereocenters. The number of fused-ring (bicyclic) bond motifs is 3. The molecule has 1 heterocycles. The molecule has 1 aliphatic heterocycles. The topological polar surface area (TPSA) is 15.3 Å². The molecule has 2 nitrogen and oxygen atoms in total. The van der Waals surface area contributed by atoms with Crippen molar-refractivity contribution in [1.29, 1.82) is 0 Å². The Morgan fingerprint density at radius 2 is 0.787 bits per heavy atom. The Morgan fingerprint density at radius 3 is 1.25 bits per heavy atom. The third-order valence-corrected chi connectivity index (χ3v) is 17.5. The first-order chi connectivity index (χ1) is 30.2. The maximum atomic E-state index is 3.81. The van der Waals surface area contributed by atoms with Crippen LogP contribution in [0.25, 0.3) is 43.8 Å². The van der Waals surface area contributed by atoms with E-state index in [-0.39, 0.29) is 6.17 Å². The maximum absolute atomic E-state index is 3.81. The average Bonchev–Trinajstić information content (AvgIpc) is 3.71. The van der Waals surface area contributed by atoms with Crippen LogP contribution in [0, 0.1) is 6.92 Å². The van der Waals surface area contributed by atoms with Crippen molar-refractivity contribution < 1.29 is 0 Å². The fourth-order valence-electron chi connectivity index (χ4n) is 9.96. The van der Waals surface area contributed by atoms with Gasteiger partial charge in [-0.15, -0.1) is 0 Å². The van der Waals surface area contributed by atoms with E-state index in [0.717, 1.165) is 11.4 Å². The molecule has 1 unspecified atom stereocenters. The molecule has 61 heavy (non-hydrogen) atoms. The zero-order valence-corrected chi connectivity index (χ0v) is 35.0. The number of aryl methyl sites for hydroxylation is 1. The SMILES string of the molecule is Cc1ccc2c(c1)N(c1ccc(-c3c4ccccc4c(-c4ccc([Si](c5ccccc5)(c5ccccc5)c5ccccc5)cc4)c4ccccc34)cc1)C(c1ccccc1)N2. The standard InChI is InChI=1S/C58H44N2Si/c1-41-30-39-54-55(40-41)60(58(59-54)44-18-6-2-7-19-44)45-35-31-42(32-36-45)56-50-26-14-16-28-52(50)57(53-29-17-15-27-51(53)56)43-33-37-49(38-34-43)61(46-20-8-3-9-21-46,47-22-10-4-11-23-47)48-24-12-5-13-25-48/h2-40,58-59H,1H3. The second-order valence-electron chi connectivity index (χ2n) is 16.2. The maximum Gasteiger partial charge on any atom is 0.179 e. The zero-order chi connectivity index (χ0) is 40.8. The molecule has 11 rings (SSSR count). The Hall–Kier alpha value is -7.46. The highest BCUT2D eigenvalue weighted by molar-refractivity contribution is 7.19. The van der Waals surface area contributed by atoms with Crippen molar-refractivity contribution in [2.45, 2.75) is 13.1 Å². The zero-order valence-electron chi connectivity index (χ0n) is 34.0. The molecule has 0 aromatic heterocycles. The third kappa shape index (κ3) is 6.16. The molecular weight excluding hydrogens is 753 g/mol. The number of benzene rings is 10. The molecule has 0 bridgehead atoms. The van der Waals surface area contributed by atoms with Crippen molar-refractivity contribution in [3.63, 3.8) is 0 Å². The van der Waals surface area contributed by atoms with E-state index in [0.29, 0.717) is 0 Å². The van der Waals surface area contributed by atoms with Crippen LogP contribution in [0.3, 0.4) is 0 Å². The molecule has 0 saturated carbocycles. The smallest absolute Gasteiger partial charge is 0.179 e. The van der Waals surface area contributed by atoms with E-state index < -0.39 is 8.07 Å². The molecule has 0 aliphatic carbocycles. The lowest BCUT2D eigenvalue weighted by Crippen LogP contribution is -2.74. The Kier molecular flexibility index (Phi) is 9.17. The van der Waals surface area contributed by atoms with Gasteiger partial charge in [-0.1, -0.05) is 212 Å². The lowest BCUT2D eigenvalue weighted by atomic mass is 9.86. The van der Waals surface area contributed by atoms with Gasteiger partial charge in [-0.25, -0.2) is 0 Å². The summed E-state index contributed by atoms with van der Waals surface area (Å²) in [5, 5.41) is 14.3. The minimum Gasteiger partial charge on any atom is -0.359 e. The van der Waals surface area contributed by atoms with E-state index in [1.54, 1.807) is 0 Å². The summed E-state index contributed by atoms with van der Waals surface area (Å²) < 4.78 is 0. The third-order valence-electron chi connectivity index (χ3n) is 12.7. The van der Waals surface area contributed by atoms with Crippen LogP contribution in [-0.4, -0.2) is 8.07 Å². The van der Waals surface area contributed by atoms with Crippen molar-refractivity contribution in [2.75, 3.05) is 10.2 Å². The summed E-state index contributed by atoms with van der Waals surface area (Å²) in [7, 11) is -2.65. The highest BCUT2D eigenvalue weighted by Gasteiger charge is 2.41. The Balaban J connectivity index is 1.05. The van der Waals surface area contributed by atoms with Crippen LogP contribution >= 0.6 is 0 Å². The lowest BCUT2D eigenvalue weighted by molar-refractivity contribution is 0.828. The summed E-state index contributed by atoms with van der Waals surface area (Å²) in [6.07, 6.45) is -0.00270. The predicted octanol–water partition coefficient (Wildman–Crippen LogP) is 12.3. The quantitative estimate of drug-likeness (QED) is 0.0936. The average molecular weight is 797 g/mol. The first kappa shape index (κ1) is 36.6. The van der Waals surface area contributed by atoms with Gasteiger partial charge in [0.2, 0.25) is 0 Å². The molecular formula is C58H44N2Si. The Bertz CT molecular complexity index is 2990. The largest absolute Gasteiger partial charge is 0.359 e. The van der Waals surface area contributed by atoms with Gasteiger partial charge in [0.1, 0.15) is 6.17 Å². The highest BCUT2D eigenvalue weighted by Crippen LogP contribution is 2.48. The molecule has 0 fully saturated rings. The van der Waals surface area contributed by atoms with Crippen LogP contribution in [0.5, 0.6) is 0 Å². The van der Waals surface area contributed by atoms with Gasteiger partial charge in [0.15, 0.2) is 8.07 Å². The van der Waals surface area contributed by atoms with Gasteiger partial charge in [-0.3, -0.25) is 0 Å². The van der Waals surface area contributed by atoms with Gasteiger partial charge >= 0.3 is 0 Å². The summed E-state index contributed by atoms with van der Waals surface area (Å²) in [6.45, 7) is 2.17. The highest BCUT2D eigenvalue weighted by atomic mass is 28.3. The molecule has 3 heteroatoms. The molecule has 0 amide bonds. The predicted molar refractivity (Wildman–Crippen MR) is 262 cm³/mol. The number of anilines is 3.